The Morgan fingerprint density at radius 1 is 1.00 bits per heavy atom. The van der Waals surface area contributed by atoms with E-state index in [2.05, 4.69) is 51.7 Å². The van der Waals surface area contributed by atoms with Crippen LogP contribution in [0.3, 0.4) is 0 Å². The number of nitrogens with zero attached hydrogens (tertiary/aromatic N) is 3. The molecule has 5 rings (SSSR count). The number of aromatic nitrogens is 3. The molecule has 0 radical (unpaired) electrons. The third-order valence-electron chi connectivity index (χ3n) is 8.07. The van der Waals surface area contributed by atoms with Gasteiger partial charge in [-0.2, -0.15) is 15.0 Å². The van der Waals surface area contributed by atoms with Crippen LogP contribution < -0.4 is 27.4 Å². The van der Waals surface area contributed by atoms with Gasteiger partial charge in [-0.25, -0.2) is 0 Å². The molecule has 1 heterocycles. The molecule has 3 aromatic rings. The zero-order chi connectivity index (χ0) is 25.5. The first-order valence-corrected chi connectivity index (χ1v) is 12.4. The fourth-order valence-electron chi connectivity index (χ4n) is 6.09. The number of rotatable bonds is 7. The summed E-state index contributed by atoms with van der Waals surface area (Å²) in [6, 6.07) is 14.8. The van der Waals surface area contributed by atoms with E-state index in [1.807, 2.05) is 24.3 Å². The number of carbonyl (C=O) groups excluding carboxylic acids is 1. The van der Waals surface area contributed by atoms with E-state index in [9.17, 15) is 4.79 Å². The zero-order valence-corrected chi connectivity index (χ0v) is 21.0. The van der Waals surface area contributed by atoms with Crippen LogP contribution in [0, 0.1) is 16.7 Å². The Bertz CT molecular complexity index is 1270. The molecule has 0 spiro atoms. The molecule has 0 saturated heterocycles. The summed E-state index contributed by atoms with van der Waals surface area (Å²) < 4.78 is 0. The summed E-state index contributed by atoms with van der Waals surface area (Å²) in [5, 5.41) is 9.66. The van der Waals surface area contributed by atoms with Crippen molar-refractivity contribution >= 4 is 35.1 Å². The highest BCUT2D eigenvalue weighted by atomic mass is 16.1. The molecule has 36 heavy (non-hydrogen) atoms. The van der Waals surface area contributed by atoms with E-state index < -0.39 is 0 Å². The number of amides is 1. The summed E-state index contributed by atoms with van der Waals surface area (Å²) in [5.41, 5.74) is 15.0. The average molecular weight is 487 g/mol. The minimum Gasteiger partial charge on any atom is -0.397 e. The number of hydrogen-bond acceptors (Lipinski definition) is 8. The molecule has 2 aliphatic rings. The number of anilines is 5. The van der Waals surface area contributed by atoms with E-state index in [1.54, 1.807) is 24.3 Å². The second-order valence-electron chi connectivity index (χ2n) is 10.9. The molecule has 2 fully saturated rings. The zero-order valence-electron chi connectivity index (χ0n) is 21.0. The number of carbonyl (C=O) groups is 1. The number of fused-ring (bicyclic) bond motifs is 2. The molecule has 9 nitrogen and oxygen atoms in total. The van der Waals surface area contributed by atoms with Gasteiger partial charge in [0, 0.05) is 18.2 Å². The van der Waals surface area contributed by atoms with E-state index in [1.165, 1.54) is 19.3 Å². The first-order valence-electron chi connectivity index (χ1n) is 12.4. The van der Waals surface area contributed by atoms with Gasteiger partial charge in [0.15, 0.2) is 0 Å². The van der Waals surface area contributed by atoms with Crippen LogP contribution >= 0.6 is 0 Å². The average Bonchev–Trinajstić information content (AvgIpc) is 3.33. The molecule has 1 amide bonds. The van der Waals surface area contributed by atoms with E-state index in [4.69, 9.17) is 11.5 Å². The van der Waals surface area contributed by atoms with Crippen molar-refractivity contribution in [2.75, 3.05) is 27.4 Å². The van der Waals surface area contributed by atoms with Crippen LogP contribution in [-0.2, 0) is 6.54 Å². The second kappa shape index (κ2) is 8.96. The second-order valence-corrected chi connectivity index (χ2v) is 10.9. The van der Waals surface area contributed by atoms with Crippen LogP contribution in [0.15, 0.2) is 48.5 Å². The van der Waals surface area contributed by atoms with Crippen molar-refractivity contribution in [3.8, 4) is 0 Å². The number of benzene rings is 2. The van der Waals surface area contributed by atoms with Crippen molar-refractivity contribution in [1.29, 1.82) is 0 Å². The van der Waals surface area contributed by atoms with E-state index in [0.29, 0.717) is 41.3 Å². The quantitative estimate of drug-likeness (QED) is 0.307. The van der Waals surface area contributed by atoms with Gasteiger partial charge in [0.05, 0.1) is 11.4 Å². The predicted octanol–water partition coefficient (Wildman–Crippen LogP) is 4.53. The van der Waals surface area contributed by atoms with Crippen LogP contribution in [0.1, 0.15) is 56.0 Å². The lowest BCUT2D eigenvalue weighted by Crippen LogP contribution is -2.46. The first kappa shape index (κ1) is 23.8. The molecule has 188 valence electrons. The molecule has 1 aromatic heterocycles. The lowest BCUT2D eigenvalue weighted by atomic mass is 9.68. The summed E-state index contributed by atoms with van der Waals surface area (Å²) in [6.45, 7) is 7.51. The van der Waals surface area contributed by atoms with Gasteiger partial charge >= 0.3 is 0 Å². The van der Waals surface area contributed by atoms with Crippen LogP contribution in [-0.4, -0.2) is 26.9 Å². The van der Waals surface area contributed by atoms with Crippen molar-refractivity contribution in [1.82, 2.24) is 15.0 Å². The van der Waals surface area contributed by atoms with Gasteiger partial charge in [-0.1, -0.05) is 45.0 Å². The van der Waals surface area contributed by atoms with Crippen LogP contribution in [0.5, 0.6) is 0 Å². The van der Waals surface area contributed by atoms with Crippen LogP contribution in [0.4, 0.5) is 29.2 Å². The highest BCUT2D eigenvalue weighted by Crippen LogP contribution is 2.63. The summed E-state index contributed by atoms with van der Waals surface area (Å²) in [6.07, 6.45) is 3.74. The highest BCUT2D eigenvalue weighted by molar-refractivity contribution is 6.05. The predicted molar refractivity (Wildman–Crippen MR) is 143 cm³/mol. The SMILES string of the molecule is CC1(C)[C@H]2CC[C@](C)(C2)[C@H]1Nc1nc(N)nc(NCc2ccc(C(=O)Nc3ccccc3N)cc2)n1. The molecule has 2 bridgehead atoms. The number of nitrogens with one attached hydrogen (secondary N) is 3. The van der Waals surface area contributed by atoms with Crippen molar-refractivity contribution in [2.24, 2.45) is 16.7 Å². The maximum Gasteiger partial charge on any atom is 0.255 e. The monoisotopic (exact) mass is 486 g/mol. The van der Waals surface area contributed by atoms with Crippen molar-refractivity contribution in [3.63, 3.8) is 0 Å². The Labute approximate surface area is 211 Å². The third kappa shape index (κ3) is 4.53. The van der Waals surface area contributed by atoms with E-state index in [-0.39, 0.29) is 28.7 Å². The summed E-state index contributed by atoms with van der Waals surface area (Å²) >= 11 is 0. The fourth-order valence-corrected chi connectivity index (χ4v) is 6.09. The summed E-state index contributed by atoms with van der Waals surface area (Å²) in [4.78, 5) is 25.8. The third-order valence-corrected chi connectivity index (χ3v) is 8.07. The Morgan fingerprint density at radius 2 is 1.72 bits per heavy atom. The maximum atomic E-state index is 12.6. The summed E-state index contributed by atoms with van der Waals surface area (Å²) in [5.74, 6) is 1.59. The number of nitrogen functional groups attached to an aromatic ring is 2. The number of hydrogen-bond donors (Lipinski definition) is 5. The largest absolute Gasteiger partial charge is 0.397 e. The minimum atomic E-state index is -0.217. The molecule has 2 aromatic carbocycles. The first-order chi connectivity index (χ1) is 17.1. The Kier molecular flexibility index (Phi) is 5.94. The molecule has 0 aliphatic heterocycles. The van der Waals surface area contributed by atoms with Gasteiger partial charge in [-0.3, -0.25) is 4.79 Å². The van der Waals surface area contributed by atoms with Gasteiger partial charge in [-0.05, 0) is 65.8 Å². The molecule has 7 N–H and O–H groups in total. The summed E-state index contributed by atoms with van der Waals surface area (Å²) in [7, 11) is 0. The van der Waals surface area contributed by atoms with Gasteiger partial charge in [-0.15, -0.1) is 0 Å². The minimum absolute atomic E-state index is 0.169. The maximum absolute atomic E-state index is 12.6. The molecular weight excluding hydrogens is 452 g/mol. The van der Waals surface area contributed by atoms with Gasteiger partial charge in [0.1, 0.15) is 0 Å². The highest BCUT2D eigenvalue weighted by Gasteiger charge is 2.59. The van der Waals surface area contributed by atoms with Gasteiger partial charge < -0.3 is 27.4 Å². The Hall–Kier alpha value is -3.88. The van der Waals surface area contributed by atoms with Crippen LogP contribution in [0.2, 0.25) is 0 Å². The standard InChI is InChI=1S/C27H34N8O/c1-26(2)18-12-13-27(3,14-18)22(26)32-25-34-23(29)33-24(35-25)30-15-16-8-10-17(11-9-16)21(36)31-20-7-5-4-6-19(20)28/h4-11,18,22H,12-15,28H2,1-3H3,(H,31,36)(H4,29,30,32,33,34,35)/t18-,22-,27+/m0/s1. The molecular formula is C27H34N8O. The van der Waals surface area contributed by atoms with Crippen molar-refractivity contribution in [2.45, 2.75) is 52.6 Å². The topological polar surface area (TPSA) is 144 Å². The fraction of sp³-hybridized carbons (Fsp3) is 0.407. The lowest BCUT2D eigenvalue weighted by molar-refractivity contribution is 0.102. The molecule has 2 saturated carbocycles. The number of para-hydroxylation sites is 2. The smallest absolute Gasteiger partial charge is 0.255 e. The van der Waals surface area contributed by atoms with E-state index in [0.717, 1.165) is 5.56 Å². The van der Waals surface area contributed by atoms with Gasteiger partial charge in [0.25, 0.3) is 5.91 Å². The Balaban J connectivity index is 1.22. The van der Waals surface area contributed by atoms with Crippen LogP contribution in [0.25, 0.3) is 0 Å². The molecule has 3 atom stereocenters. The van der Waals surface area contributed by atoms with Crippen molar-refractivity contribution in [3.05, 3.63) is 59.7 Å². The van der Waals surface area contributed by atoms with Crippen molar-refractivity contribution < 1.29 is 4.79 Å². The lowest BCUT2D eigenvalue weighted by Gasteiger charge is -2.43. The number of nitrogens with two attached hydrogens (primary N) is 2. The molecule has 9 heteroatoms. The molecule has 0 unspecified atom stereocenters. The van der Waals surface area contributed by atoms with E-state index >= 15 is 0 Å². The molecule has 2 aliphatic carbocycles. The Morgan fingerprint density at radius 3 is 2.42 bits per heavy atom. The normalized spacial score (nSPS) is 23.9. The van der Waals surface area contributed by atoms with Gasteiger partial charge in [0.2, 0.25) is 17.8 Å².